The van der Waals surface area contributed by atoms with Gasteiger partial charge >= 0.3 is 10.1 Å². The van der Waals surface area contributed by atoms with Crippen molar-refractivity contribution in [1.29, 1.82) is 0 Å². The van der Waals surface area contributed by atoms with E-state index < -0.39 is 25.6 Å². The summed E-state index contributed by atoms with van der Waals surface area (Å²) in [5.41, 5.74) is -0.459. The minimum Gasteiger partial charge on any atom is -0.258 e. The molecule has 0 unspecified atom stereocenters. The Balaban J connectivity index is 3.26. The standard InChI is InChI=1S/C5H3ClN2O5S/c6-13-14(11,12)5-1-4(8(9)10)2-7-3-5/h1-3H. The third kappa shape index (κ3) is 2.16. The monoisotopic (exact) mass is 238 g/mol. The molecule has 0 amide bonds. The molecule has 1 rings (SSSR count). The van der Waals surface area contributed by atoms with Crippen LogP contribution >= 0.6 is 11.9 Å². The molecule has 0 aliphatic carbocycles. The Morgan fingerprint density at radius 1 is 1.50 bits per heavy atom. The summed E-state index contributed by atoms with van der Waals surface area (Å²) in [5, 5.41) is 10.3. The van der Waals surface area contributed by atoms with Gasteiger partial charge in [-0.25, -0.2) is 0 Å². The average Bonchev–Trinajstić information content (AvgIpc) is 2.18. The molecule has 14 heavy (non-hydrogen) atoms. The predicted octanol–water partition coefficient (Wildman–Crippen LogP) is 0.849. The molecule has 0 N–H and O–H groups in total. The predicted molar refractivity (Wildman–Crippen MR) is 45.0 cm³/mol. The van der Waals surface area contributed by atoms with Gasteiger partial charge in [-0.2, -0.15) is 12.2 Å². The molecule has 0 spiro atoms. The third-order valence-corrected chi connectivity index (χ3v) is 2.75. The van der Waals surface area contributed by atoms with Gasteiger partial charge in [0.2, 0.25) is 0 Å². The summed E-state index contributed by atoms with van der Waals surface area (Å²) in [6.45, 7) is 0. The van der Waals surface area contributed by atoms with Gasteiger partial charge in [-0.3, -0.25) is 15.1 Å². The van der Waals surface area contributed by atoms with Crippen LogP contribution in [0.5, 0.6) is 0 Å². The summed E-state index contributed by atoms with van der Waals surface area (Å²) in [7, 11) is -4.16. The fraction of sp³-hybridized carbons (Fsp3) is 0. The topological polar surface area (TPSA) is 99.4 Å². The van der Waals surface area contributed by atoms with Crippen molar-refractivity contribution in [3.8, 4) is 0 Å². The summed E-state index contributed by atoms with van der Waals surface area (Å²) < 4.78 is 25.6. The van der Waals surface area contributed by atoms with Crippen LogP contribution in [-0.2, 0) is 13.9 Å². The van der Waals surface area contributed by atoms with Gasteiger partial charge in [0.1, 0.15) is 11.1 Å². The van der Waals surface area contributed by atoms with E-state index in [9.17, 15) is 18.5 Å². The zero-order valence-electron chi connectivity index (χ0n) is 6.45. The summed E-state index contributed by atoms with van der Waals surface area (Å²) in [6.07, 6.45) is 1.80. The molecule has 1 heterocycles. The van der Waals surface area contributed by atoms with Crippen LogP contribution in [0, 0.1) is 10.1 Å². The van der Waals surface area contributed by atoms with Gasteiger partial charge in [-0.1, -0.05) is 0 Å². The molecule has 7 nitrogen and oxygen atoms in total. The molecule has 0 aliphatic heterocycles. The molecule has 0 fully saturated rings. The minimum atomic E-state index is -4.16. The molecule has 0 aromatic carbocycles. The fourth-order valence-electron chi connectivity index (χ4n) is 0.680. The Labute approximate surface area is 83.7 Å². The molecule has 0 aliphatic rings. The van der Waals surface area contributed by atoms with Gasteiger partial charge in [0.25, 0.3) is 5.69 Å². The Morgan fingerprint density at radius 2 is 2.14 bits per heavy atom. The highest BCUT2D eigenvalue weighted by Gasteiger charge is 2.18. The lowest BCUT2D eigenvalue weighted by atomic mass is 10.4. The van der Waals surface area contributed by atoms with E-state index in [1.807, 2.05) is 0 Å². The highest BCUT2D eigenvalue weighted by Crippen LogP contribution is 2.17. The fourth-order valence-corrected chi connectivity index (χ4v) is 1.43. The first-order chi connectivity index (χ1) is 6.47. The van der Waals surface area contributed by atoms with E-state index in [1.165, 1.54) is 0 Å². The SMILES string of the molecule is O=[N+]([O-])c1cncc(S(=O)(=O)OCl)c1. The number of halogens is 1. The molecule has 0 bridgehead atoms. The Morgan fingerprint density at radius 3 is 2.64 bits per heavy atom. The van der Waals surface area contributed by atoms with Crippen molar-refractivity contribution in [2.24, 2.45) is 0 Å². The number of nitrogens with zero attached hydrogens (tertiary/aromatic N) is 2. The average molecular weight is 239 g/mol. The van der Waals surface area contributed by atoms with Gasteiger partial charge in [0.15, 0.2) is 0 Å². The summed E-state index contributed by atoms with van der Waals surface area (Å²) >= 11 is 4.67. The van der Waals surface area contributed by atoms with Crippen LogP contribution in [0.15, 0.2) is 23.4 Å². The van der Waals surface area contributed by atoms with Crippen molar-refractivity contribution < 1.29 is 17.1 Å². The molecule has 0 saturated carbocycles. The van der Waals surface area contributed by atoms with Crippen molar-refractivity contribution in [2.75, 3.05) is 0 Å². The first-order valence-electron chi connectivity index (χ1n) is 3.12. The van der Waals surface area contributed by atoms with E-state index in [0.717, 1.165) is 18.5 Å². The smallest absolute Gasteiger partial charge is 0.258 e. The van der Waals surface area contributed by atoms with Crippen molar-refractivity contribution >= 4 is 27.7 Å². The quantitative estimate of drug-likeness (QED) is 0.572. The second-order valence-corrected chi connectivity index (χ2v) is 4.04. The van der Waals surface area contributed by atoms with Crippen LogP contribution < -0.4 is 0 Å². The summed E-state index contributed by atoms with van der Waals surface area (Å²) in [6, 6.07) is 0.796. The number of aromatic nitrogens is 1. The van der Waals surface area contributed by atoms with Crippen molar-refractivity contribution in [2.45, 2.75) is 4.90 Å². The maximum Gasteiger partial charge on any atom is 0.314 e. The van der Waals surface area contributed by atoms with Gasteiger partial charge in [0.05, 0.1) is 16.8 Å². The molecular weight excluding hydrogens is 236 g/mol. The number of hydrogen-bond acceptors (Lipinski definition) is 6. The van der Waals surface area contributed by atoms with E-state index in [4.69, 9.17) is 0 Å². The van der Waals surface area contributed by atoms with Crippen molar-refractivity contribution in [3.63, 3.8) is 0 Å². The maximum atomic E-state index is 11.0. The summed E-state index contributed by atoms with van der Waals surface area (Å²) in [5.74, 6) is 0. The van der Waals surface area contributed by atoms with Crippen molar-refractivity contribution in [3.05, 3.63) is 28.6 Å². The zero-order chi connectivity index (χ0) is 10.8. The Hall–Kier alpha value is -1.25. The molecule has 0 atom stereocenters. The van der Waals surface area contributed by atoms with Gasteiger partial charge < -0.3 is 0 Å². The normalized spacial score (nSPS) is 11.2. The molecular formula is C5H3ClN2O5S. The number of nitro groups is 1. The molecule has 0 radical (unpaired) electrons. The lowest BCUT2D eigenvalue weighted by molar-refractivity contribution is -0.385. The highest BCUT2D eigenvalue weighted by molar-refractivity contribution is 7.87. The minimum absolute atomic E-state index is 0.459. The lowest BCUT2D eigenvalue weighted by Crippen LogP contribution is -2.01. The zero-order valence-corrected chi connectivity index (χ0v) is 8.03. The Kier molecular flexibility index (Phi) is 2.99. The molecule has 76 valence electrons. The van der Waals surface area contributed by atoms with Gasteiger partial charge in [-0.05, 0) is 0 Å². The van der Waals surface area contributed by atoms with Crippen LogP contribution in [0.4, 0.5) is 5.69 Å². The van der Waals surface area contributed by atoms with Crippen LogP contribution in [-0.4, -0.2) is 18.3 Å². The van der Waals surface area contributed by atoms with Crippen LogP contribution in [0.3, 0.4) is 0 Å². The van der Waals surface area contributed by atoms with Crippen LogP contribution in [0.2, 0.25) is 0 Å². The van der Waals surface area contributed by atoms with Crippen molar-refractivity contribution in [1.82, 2.24) is 4.98 Å². The van der Waals surface area contributed by atoms with E-state index >= 15 is 0 Å². The lowest BCUT2D eigenvalue weighted by Gasteiger charge is -1.97. The number of rotatable bonds is 3. The first kappa shape index (κ1) is 10.8. The number of hydrogen-bond donors (Lipinski definition) is 0. The second-order valence-electron chi connectivity index (χ2n) is 2.15. The molecule has 1 aromatic heterocycles. The van der Waals surface area contributed by atoms with Crippen LogP contribution in [0.1, 0.15) is 0 Å². The Bertz CT molecular complexity index is 459. The second kappa shape index (κ2) is 3.86. The van der Waals surface area contributed by atoms with Gasteiger partial charge in [0, 0.05) is 12.3 Å². The molecule has 1 aromatic rings. The van der Waals surface area contributed by atoms with E-state index in [-0.39, 0.29) is 0 Å². The molecule has 9 heteroatoms. The van der Waals surface area contributed by atoms with E-state index in [0.29, 0.717) is 0 Å². The first-order valence-corrected chi connectivity index (χ1v) is 4.84. The van der Waals surface area contributed by atoms with E-state index in [1.54, 1.807) is 0 Å². The van der Waals surface area contributed by atoms with Gasteiger partial charge in [-0.15, -0.1) is 0 Å². The molecule has 0 saturated heterocycles. The highest BCUT2D eigenvalue weighted by atomic mass is 35.5. The summed E-state index contributed by atoms with van der Waals surface area (Å²) in [4.78, 5) is 12.4. The van der Waals surface area contributed by atoms with Crippen LogP contribution in [0.25, 0.3) is 0 Å². The largest absolute Gasteiger partial charge is 0.314 e. The number of pyridine rings is 1. The third-order valence-electron chi connectivity index (χ3n) is 1.28. The van der Waals surface area contributed by atoms with E-state index in [2.05, 4.69) is 20.6 Å². The maximum absolute atomic E-state index is 11.0.